The van der Waals surface area contributed by atoms with Gasteiger partial charge in [-0.2, -0.15) is 0 Å². The molecule has 0 aromatic heterocycles. The number of benzene rings is 2. The molecule has 0 aliphatic heterocycles. The largest absolute Gasteiger partial charge is 0.290 e. The predicted octanol–water partition coefficient (Wildman–Crippen LogP) is 1.97. The zero-order chi connectivity index (χ0) is 15.1. The summed E-state index contributed by atoms with van der Waals surface area (Å²) >= 11 is 0. The second kappa shape index (κ2) is 4.26. The van der Waals surface area contributed by atoms with E-state index in [9.17, 15) is 14.9 Å². The van der Waals surface area contributed by atoms with E-state index in [4.69, 9.17) is 11.8 Å². The van der Waals surface area contributed by atoms with Gasteiger partial charge in [0.2, 0.25) is 0 Å². The minimum Gasteiger partial charge on any atom is -0.290 e. The van der Waals surface area contributed by atoms with Crippen LogP contribution < -0.4 is 10.6 Å². The standard InChI is InChI=1S/C15H5N3O3/c1-17-12(7-16)14-11-6-9(18(20)21)5-8-3-2-4-10(13(8)11)15(14)19/h2-6H. The Hall–Kier alpha value is -3.51. The average molecular weight is 275 g/mol. The van der Waals surface area contributed by atoms with Crippen molar-refractivity contribution in [2.75, 3.05) is 0 Å². The number of nitriles is 1. The maximum absolute atomic E-state index is 12.4. The summed E-state index contributed by atoms with van der Waals surface area (Å²) in [4.78, 5) is 25.9. The van der Waals surface area contributed by atoms with Crippen molar-refractivity contribution < 1.29 is 4.92 Å². The fourth-order valence-electron chi connectivity index (χ4n) is 2.53. The van der Waals surface area contributed by atoms with Gasteiger partial charge in [-0.3, -0.25) is 14.9 Å². The summed E-state index contributed by atoms with van der Waals surface area (Å²) in [6, 6.07) is 9.18. The van der Waals surface area contributed by atoms with Crippen molar-refractivity contribution in [1.82, 2.24) is 0 Å². The van der Waals surface area contributed by atoms with Crippen LogP contribution in [0.25, 0.3) is 32.1 Å². The van der Waals surface area contributed by atoms with E-state index in [0.717, 1.165) is 0 Å². The SMILES string of the molecule is [C-]#[N+]C(C#N)=c1c(=O)c2cccc3cc([N+](=O)[O-])cc1c32. The molecule has 21 heavy (non-hydrogen) atoms. The Morgan fingerprint density at radius 3 is 2.71 bits per heavy atom. The highest BCUT2D eigenvalue weighted by Gasteiger charge is 2.18. The van der Waals surface area contributed by atoms with E-state index in [1.54, 1.807) is 24.3 Å². The molecule has 3 rings (SSSR count). The Balaban J connectivity index is 2.76. The molecule has 98 valence electrons. The van der Waals surface area contributed by atoms with Crippen molar-refractivity contribution in [2.24, 2.45) is 0 Å². The molecule has 0 N–H and O–H groups in total. The fraction of sp³-hybridized carbons (Fsp3) is 0. The molecule has 0 atom stereocenters. The van der Waals surface area contributed by atoms with E-state index in [0.29, 0.717) is 16.2 Å². The molecule has 3 aromatic carbocycles. The zero-order valence-electron chi connectivity index (χ0n) is 10.5. The molecule has 0 saturated carbocycles. The molecule has 0 heterocycles. The summed E-state index contributed by atoms with van der Waals surface area (Å²) in [5.41, 5.74) is -0.967. The van der Waals surface area contributed by atoms with Crippen LogP contribution >= 0.6 is 0 Å². The summed E-state index contributed by atoms with van der Waals surface area (Å²) in [5, 5.41) is 21.7. The molecule has 6 heteroatoms. The maximum Gasteiger partial charge on any atom is 0.273 e. The summed E-state index contributed by atoms with van der Waals surface area (Å²) in [6.45, 7) is 7.01. The molecule has 0 amide bonds. The first-order chi connectivity index (χ1) is 10.1. The monoisotopic (exact) mass is 275 g/mol. The molecule has 3 aromatic rings. The van der Waals surface area contributed by atoms with E-state index in [2.05, 4.69) is 4.85 Å². The van der Waals surface area contributed by atoms with E-state index in [1.807, 2.05) is 0 Å². The molecule has 0 aliphatic carbocycles. The number of hydrogen-bond donors (Lipinski definition) is 0. The molecule has 0 saturated heterocycles. The van der Waals surface area contributed by atoms with Crippen LogP contribution in [0.1, 0.15) is 0 Å². The van der Waals surface area contributed by atoms with Gasteiger partial charge in [0.1, 0.15) is 0 Å². The molecule has 0 radical (unpaired) electrons. The van der Waals surface area contributed by atoms with Gasteiger partial charge in [0.05, 0.1) is 17.6 Å². The van der Waals surface area contributed by atoms with Gasteiger partial charge in [0.15, 0.2) is 5.43 Å². The van der Waals surface area contributed by atoms with Gasteiger partial charge in [-0.15, -0.1) is 0 Å². The minimum absolute atomic E-state index is 0.0533. The van der Waals surface area contributed by atoms with Crippen LogP contribution in [0, 0.1) is 28.0 Å². The topological polar surface area (TPSA) is 88.4 Å². The number of nitro benzene ring substituents is 1. The van der Waals surface area contributed by atoms with E-state index < -0.39 is 10.4 Å². The average Bonchev–Trinajstić information content (AvgIpc) is 2.76. The summed E-state index contributed by atoms with van der Waals surface area (Å²) < 4.78 is 0. The Morgan fingerprint density at radius 1 is 1.33 bits per heavy atom. The highest BCUT2D eigenvalue weighted by atomic mass is 16.6. The Kier molecular flexibility index (Phi) is 2.54. The molecule has 0 unspecified atom stereocenters. The first-order valence-electron chi connectivity index (χ1n) is 5.86. The molecule has 0 bridgehead atoms. The quantitative estimate of drug-likeness (QED) is 0.386. The second-order valence-corrected chi connectivity index (χ2v) is 4.43. The van der Waals surface area contributed by atoms with E-state index in [-0.39, 0.29) is 22.0 Å². The van der Waals surface area contributed by atoms with Crippen molar-refractivity contribution in [2.45, 2.75) is 0 Å². The fourth-order valence-corrected chi connectivity index (χ4v) is 2.53. The molecule has 0 fully saturated rings. The molecule has 6 nitrogen and oxygen atoms in total. The lowest BCUT2D eigenvalue weighted by molar-refractivity contribution is -0.384. The van der Waals surface area contributed by atoms with Gasteiger partial charge in [0.25, 0.3) is 11.4 Å². The van der Waals surface area contributed by atoms with Gasteiger partial charge < -0.3 is 0 Å². The lowest BCUT2D eigenvalue weighted by atomic mass is 10.1. The number of rotatable bonds is 1. The van der Waals surface area contributed by atoms with Gasteiger partial charge in [-0.05, 0) is 16.2 Å². The number of nitrogens with zero attached hydrogens (tertiary/aromatic N) is 3. The number of nitro groups is 1. The van der Waals surface area contributed by atoms with Crippen molar-refractivity contribution in [3.63, 3.8) is 0 Å². The molecule has 0 aliphatic rings. The van der Waals surface area contributed by atoms with Crippen LogP contribution in [0.5, 0.6) is 0 Å². The number of hydrogen-bond acceptors (Lipinski definition) is 4. The molecule has 0 spiro atoms. The van der Waals surface area contributed by atoms with Gasteiger partial charge >= 0.3 is 0 Å². The lowest BCUT2D eigenvalue weighted by Crippen LogP contribution is -2.21. The Bertz CT molecular complexity index is 1090. The van der Waals surface area contributed by atoms with Crippen LogP contribution in [0.4, 0.5) is 5.69 Å². The first-order valence-corrected chi connectivity index (χ1v) is 5.86. The maximum atomic E-state index is 12.4. The molecular weight excluding hydrogens is 270 g/mol. The van der Waals surface area contributed by atoms with Crippen LogP contribution in [0.2, 0.25) is 0 Å². The van der Waals surface area contributed by atoms with Crippen molar-refractivity contribution in [3.8, 4) is 6.07 Å². The summed E-state index contributed by atoms with van der Waals surface area (Å²) in [5.74, 6) is 0. The van der Waals surface area contributed by atoms with Crippen LogP contribution in [-0.2, 0) is 0 Å². The van der Waals surface area contributed by atoms with Crippen LogP contribution in [-0.4, -0.2) is 4.92 Å². The van der Waals surface area contributed by atoms with Gasteiger partial charge in [-0.25, -0.2) is 10.1 Å². The smallest absolute Gasteiger partial charge is 0.273 e. The summed E-state index contributed by atoms with van der Waals surface area (Å²) in [6.07, 6.45) is 0. The minimum atomic E-state index is -0.563. The van der Waals surface area contributed by atoms with E-state index in [1.165, 1.54) is 12.1 Å². The highest BCUT2D eigenvalue weighted by Crippen LogP contribution is 2.28. The zero-order valence-corrected chi connectivity index (χ0v) is 10.5. The predicted molar refractivity (Wildman–Crippen MR) is 76.4 cm³/mol. The third-order valence-corrected chi connectivity index (χ3v) is 3.37. The molecular formula is C15H5N3O3. The Labute approximate surface area is 117 Å². The van der Waals surface area contributed by atoms with Crippen molar-refractivity contribution in [3.05, 3.63) is 67.3 Å². The van der Waals surface area contributed by atoms with Gasteiger partial charge in [-0.1, -0.05) is 18.2 Å². The highest BCUT2D eigenvalue weighted by molar-refractivity contribution is 6.13. The lowest BCUT2D eigenvalue weighted by Gasteiger charge is -1.98. The first kappa shape index (κ1) is 12.5. The van der Waals surface area contributed by atoms with Crippen LogP contribution in [0.15, 0.2) is 35.1 Å². The normalized spacial score (nSPS) is 12.1. The van der Waals surface area contributed by atoms with Gasteiger partial charge in [0, 0.05) is 22.7 Å². The second-order valence-electron chi connectivity index (χ2n) is 4.43. The number of non-ortho nitro benzene ring substituents is 1. The third kappa shape index (κ3) is 1.60. The third-order valence-electron chi connectivity index (χ3n) is 3.37. The van der Waals surface area contributed by atoms with Crippen molar-refractivity contribution >= 4 is 32.9 Å². The van der Waals surface area contributed by atoms with Crippen molar-refractivity contribution in [1.29, 1.82) is 5.26 Å². The van der Waals surface area contributed by atoms with Crippen LogP contribution in [0.3, 0.4) is 0 Å². The summed E-state index contributed by atoms with van der Waals surface area (Å²) in [7, 11) is 0. The van der Waals surface area contributed by atoms with E-state index >= 15 is 0 Å². The Morgan fingerprint density at radius 2 is 2.10 bits per heavy atom.